The Balaban J connectivity index is 1.48. The molecule has 1 aromatic heterocycles. The van der Waals surface area contributed by atoms with Crippen molar-refractivity contribution >= 4 is 29.3 Å². The van der Waals surface area contributed by atoms with Crippen LogP contribution in [0.3, 0.4) is 0 Å². The largest absolute Gasteiger partial charge is 0.455 e. The Hall–Kier alpha value is -3.13. The van der Waals surface area contributed by atoms with Crippen molar-refractivity contribution in [3.63, 3.8) is 0 Å². The Morgan fingerprint density at radius 3 is 2.43 bits per heavy atom. The van der Waals surface area contributed by atoms with Gasteiger partial charge in [-0.05, 0) is 24.6 Å². The topological polar surface area (TPSA) is 86.1 Å². The molecule has 7 nitrogen and oxygen atoms in total. The van der Waals surface area contributed by atoms with E-state index in [1.807, 2.05) is 60.0 Å². The first-order valence-corrected chi connectivity index (χ1v) is 9.67. The quantitative estimate of drug-likeness (QED) is 0.465. The highest BCUT2D eigenvalue weighted by molar-refractivity contribution is 7.99. The molecule has 8 heteroatoms. The first kappa shape index (κ1) is 19.6. The van der Waals surface area contributed by atoms with Crippen LogP contribution in [0.15, 0.2) is 65.8 Å². The second-order valence-corrected chi connectivity index (χ2v) is 6.91. The molecule has 3 aromatic rings. The summed E-state index contributed by atoms with van der Waals surface area (Å²) in [6.07, 6.45) is 0. The summed E-state index contributed by atoms with van der Waals surface area (Å²) in [4.78, 5) is 23.8. The molecule has 0 fully saturated rings. The van der Waals surface area contributed by atoms with Gasteiger partial charge in [-0.25, -0.2) is 0 Å². The second kappa shape index (κ2) is 9.70. The van der Waals surface area contributed by atoms with Crippen LogP contribution >= 0.6 is 11.8 Å². The Kier molecular flexibility index (Phi) is 6.80. The minimum Gasteiger partial charge on any atom is -0.455 e. The Labute approximate surface area is 167 Å². The van der Waals surface area contributed by atoms with Crippen LogP contribution in [0.25, 0.3) is 0 Å². The van der Waals surface area contributed by atoms with E-state index in [0.717, 1.165) is 11.4 Å². The number of rotatable bonds is 8. The molecular weight excluding hydrogens is 376 g/mol. The predicted octanol–water partition coefficient (Wildman–Crippen LogP) is 2.91. The SMILES string of the molecule is Cc1nnc(SCC(=O)OCC(=O)Nc2ccccc2)n1Cc1ccccc1. The Morgan fingerprint density at radius 1 is 1.04 bits per heavy atom. The molecule has 3 rings (SSSR count). The number of thioether (sulfide) groups is 1. The summed E-state index contributed by atoms with van der Waals surface area (Å²) < 4.78 is 6.97. The van der Waals surface area contributed by atoms with E-state index in [1.165, 1.54) is 11.8 Å². The Bertz CT molecular complexity index is 929. The molecule has 0 spiro atoms. The van der Waals surface area contributed by atoms with Crippen molar-refractivity contribution in [2.24, 2.45) is 0 Å². The first-order valence-electron chi connectivity index (χ1n) is 8.69. The lowest BCUT2D eigenvalue weighted by Gasteiger charge is -2.09. The molecule has 0 aliphatic heterocycles. The van der Waals surface area contributed by atoms with Crippen LogP contribution in [-0.2, 0) is 20.9 Å². The molecule has 0 saturated carbocycles. The summed E-state index contributed by atoms with van der Waals surface area (Å²) in [6, 6.07) is 18.9. The molecule has 144 valence electrons. The molecule has 1 amide bonds. The summed E-state index contributed by atoms with van der Waals surface area (Å²) in [5.74, 6) is -0.0549. The van der Waals surface area contributed by atoms with E-state index in [0.29, 0.717) is 17.4 Å². The number of nitrogens with zero attached hydrogens (tertiary/aromatic N) is 3. The lowest BCUT2D eigenvalue weighted by atomic mass is 10.2. The summed E-state index contributed by atoms with van der Waals surface area (Å²) in [6.45, 7) is 2.16. The summed E-state index contributed by atoms with van der Waals surface area (Å²) >= 11 is 1.23. The van der Waals surface area contributed by atoms with Crippen molar-refractivity contribution in [3.8, 4) is 0 Å². The Morgan fingerprint density at radius 2 is 1.71 bits per heavy atom. The molecule has 1 N–H and O–H groups in total. The van der Waals surface area contributed by atoms with Gasteiger partial charge in [-0.3, -0.25) is 9.59 Å². The fourth-order valence-electron chi connectivity index (χ4n) is 2.45. The summed E-state index contributed by atoms with van der Waals surface area (Å²) in [5.41, 5.74) is 1.77. The molecule has 0 atom stereocenters. The molecule has 0 saturated heterocycles. The number of benzene rings is 2. The van der Waals surface area contributed by atoms with Crippen LogP contribution in [-0.4, -0.2) is 39.0 Å². The number of hydrogen-bond acceptors (Lipinski definition) is 6. The number of nitrogens with one attached hydrogen (secondary N) is 1. The minimum absolute atomic E-state index is 0.0472. The van der Waals surface area contributed by atoms with Gasteiger partial charge in [-0.1, -0.05) is 60.3 Å². The second-order valence-electron chi connectivity index (χ2n) is 5.97. The summed E-state index contributed by atoms with van der Waals surface area (Å²) in [5, 5.41) is 11.5. The van der Waals surface area contributed by atoms with Gasteiger partial charge in [0, 0.05) is 5.69 Å². The number of hydrogen-bond donors (Lipinski definition) is 1. The molecule has 0 aliphatic carbocycles. The molecule has 0 unspecified atom stereocenters. The maximum atomic E-state index is 12.0. The van der Waals surface area contributed by atoms with Crippen molar-refractivity contribution < 1.29 is 14.3 Å². The van der Waals surface area contributed by atoms with Crippen LogP contribution in [0.5, 0.6) is 0 Å². The number of carbonyl (C=O) groups is 2. The molecule has 1 heterocycles. The van der Waals surface area contributed by atoms with E-state index < -0.39 is 5.97 Å². The van der Waals surface area contributed by atoms with E-state index in [-0.39, 0.29) is 18.3 Å². The zero-order chi connectivity index (χ0) is 19.8. The number of esters is 1. The van der Waals surface area contributed by atoms with E-state index in [4.69, 9.17) is 4.74 Å². The van der Waals surface area contributed by atoms with E-state index in [2.05, 4.69) is 15.5 Å². The maximum absolute atomic E-state index is 12.0. The predicted molar refractivity (Wildman–Crippen MR) is 107 cm³/mol. The maximum Gasteiger partial charge on any atom is 0.316 e. The van der Waals surface area contributed by atoms with Crippen molar-refractivity contribution in [1.29, 1.82) is 0 Å². The van der Waals surface area contributed by atoms with Gasteiger partial charge in [0.15, 0.2) is 11.8 Å². The summed E-state index contributed by atoms with van der Waals surface area (Å²) in [7, 11) is 0. The highest BCUT2D eigenvalue weighted by Crippen LogP contribution is 2.18. The average Bonchev–Trinajstić information content (AvgIpc) is 3.06. The monoisotopic (exact) mass is 396 g/mol. The van der Waals surface area contributed by atoms with Gasteiger partial charge in [0.1, 0.15) is 5.82 Å². The van der Waals surface area contributed by atoms with E-state index >= 15 is 0 Å². The molecule has 0 bridgehead atoms. The number of ether oxygens (including phenoxy) is 1. The molecule has 0 radical (unpaired) electrons. The van der Waals surface area contributed by atoms with Gasteiger partial charge in [-0.15, -0.1) is 10.2 Å². The number of para-hydroxylation sites is 1. The van der Waals surface area contributed by atoms with Crippen molar-refractivity contribution in [2.45, 2.75) is 18.6 Å². The fourth-order valence-corrected chi connectivity index (χ4v) is 3.23. The van der Waals surface area contributed by atoms with Gasteiger partial charge >= 0.3 is 5.97 Å². The lowest BCUT2D eigenvalue weighted by molar-refractivity contribution is -0.144. The minimum atomic E-state index is -0.486. The van der Waals surface area contributed by atoms with Gasteiger partial charge in [0.2, 0.25) is 0 Å². The fraction of sp³-hybridized carbons (Fsp3) is 0.200. The van der Waals surface area contributed by atoms with Gasteiger partial charge in [0.05, 0.1) is 12.3 Å². The molecule has 0 aliphatic rings. The van der Waals surface area contributed by atoms with Gasteiger partial charge < -0.3 is 14.6 Å². The third kappa shape index (κ3) is 5.68. The zero-order valence-corrected chi connectivity index (χ0v) is 16.2. The molecule has 2 aromatic carbocycles. The number of amides is 1. The van der Waals surface area contributed by atoms with Crippen molar-refractivity contribution in [1.82, 2.24) is 14.8 Å². The number of aryl methyl sites for hydroxylation is 1. The molecular formula is C20H20N4O3S. The van der Waals surface area contributed by atoms with Gasteiger partial charge in [0.25, 0.3) is 5.91 Å². The van der Waals surface area contributed by atoms with E-state index in [1.54, 1.807) is 12.1 Å². The number of anilines is 1. The van der Waals surface area contributed by atoms with Crippen LogP contribution in [0.1, 0.15) is 11.4 Å². The zero-order valence-electron chi connectivity index (χ0n) is 15.4. The third-order valence-corrected chi connectivity index (χ3v) is 4.77. The smallest absolute Gasteiger partial charge is 0.316 e. The van der Waals surface area contributed by atoms with Gasteiger partial charge in [-0.2, -0.15) is 0 Å². The van der Waals surface area contributed by atoms with Crippen LogP contribution < -0.4 is 5.32 Å². The standard InChI is InChI=1S/C20H20N4O3S/c1-15-22-23-20(24(15)12-16-8-4-2-5-9-16)28-14-19(26)27-13-18(25)21-17-10-6-3-7-11-17/h2-11H,12-14H2,1H3,(H,21,25). The normalized spacial score (nSPS) is 10.5. The first-order chi connectivity index (χ1) is 13.6. The number of aromatic nitrogens is 3. The van der Waals surface area contributed by atoms with Crippen molar-refractivity contribution in [2.75, 3.05) is 17.7 Å². The van der Waals surface area contributed by atoms with Crippen LogP contribution in [0.4, 0.5) is 5.69 Å². The third-order valence-electron chi connectivity index (χ3n) is 3.83. The van der Waals surface area contributed by atoms with Crippen molar-refractivity contribution in [3.05, 3.63) is 72.1 Å². The van der Waals surface area contributed by atoms with Crippen LogP contribution in [0.2, 0.25) is 0 Å². The van der Waals surface area contributed by atoms with Crippen LogP contribution in [0, 0.1) is 6.92 Å². The lowest BCUT2D eigenvalue weighted by Crippen LogP contribution is -2.21. The van der Waals surface area contributed by atoms with E-state index in [9.17, 15) is 9.59 Å². The highest BCUT2D eigenvalue weighted by atomic mass is 32.2. The number of carbonyl (C=O) groups excluding carboxylic acids is 2. The molecule has 28 heavy (non-hydrogen) atoms. The average molecular weight is 396 g/mol. The highest BCUT2D eigenvalue weighted by Gasteiger charge is 2.14.